The van der Waals surface area contributed by atoms with Crippen molar-refractivity contribution in [2.45, 2.75) is 0 Å². The first-order chi connectivity index (χ1) is 3.77. The van der Waals surface area contributed by atoms with Gasteiger partial charge in [0.1, 0.15) is 6.61 Å². The lowest BCUT2D eigenvalue weighted by molar-refractivity contribution is 0.169. The first kappa shape index (κ1) is 7.30. The number of amides is 1. The van der Waals surface area contributed by atoms with E-state index in [1.54, 1.807) is 0 Å². The smallest absolute Gasteiger partial charge is 0.404 e. The van der Waals surface area contributed by atoms with Gasteiger partial charge in [-0.1, -0.05) is 11.6 Å². The molecule has 0 saturated heterocycles. The number of carbonyl (C=O) groups is 1. The van der Waals surface area contributed by atoms with Crippen molar-refractivity contribution in [3.05, 3.63) is 11.6 Å². The molecule has 0 aliphatic heterocycles. The van der Waals surface area contributed by atoms with Crippen LogP contribution in [0.5, 0.6) is 0 Å². The lowest BCUT2D eigenvalue weighted by atomic mass is 10.7. The van der Waals surface area contributed by atoms with Crippen LogP contribution in [0.15, 0.2) is 11.6 Å². The zero-order valence-electron chi connectivity index (χ0n) is 4.13. The molecule has 0 fully saturated rings. The van der Waals surface area contributed by atoms with Crippen molar-refractivity contribution in [3.63, 3.8) is 0 Å². The Morgan fingerprint density at radius 2 is 2.50 bits per heavy atom. The zero-order valence-corrected chi connectivity index (χ0v) is 4.89. The highest BCUT2D eigenvalue weighted by Gasteiger charge is 1.85. The Morgan fingerprint density at radius 1 is 1.88 bits per heavy atom. The molecule has 0 heterocycles. The van der Waals surface area contributed by atoms with Crippen molar-refractivity contribution in [2.24, 2.45) is 5.73 Å². The van der Waals surface area contributed by atoms with Crippen LogP contribution in [0.3, 0.4) is 0 Å². The molecule has 0 aromatic carbocycles. The van der Waals surface area contributed by atoms with E-state index in [1.165, 1.54) is 11.6 Å². The number of ether oxygens (including phenoxy) is 1. The molecule has 0 bridgehead atoms. The van der Waals surface area contributed by atoms with Gasteiger partial charge in [0.05, 0.1) is 0 Å². The molecule has 0 aromatic rings. The van der Waals surface area contributed by atoms with Gasteiger partial charge in [-0.15, -0.1) is 0 Å². The number of primary amides is 1. The van der Waals surface area contributed by atoms with Gasteiger partial charge < -0.3 is 10.5 Å². The third kappa shape index (κ3) is 5.30. The van der Waals surface area contributed by atoms with E-state index >= 15 is 0 Å². The highest BCUT2D eigenvalue weighted by Crippen LogP contribution is 1.79. The maximum absolute atomic E-state index is 9.80. The van der Waals surface area contributed by atoms with Crippen molar-refractivity contribution >= 4 is 17.7 Å². The normalized spacial score (nSPS) is 9.62. The summed E-state index contributed by atoms with van der Waals surface area (Å²) in [6, 6.07) is 0. The SMILES string of the molecule is NC(=O)OCC=CCl. The van der Waals surface area contributed by atoms with Crippen LogP contribution in [-0.4, -0.2) is 12.7 Å². The Labute approximate surface area is 52.1 Å². The Hall–Kier alpha value is -0.700. The highest BCUT2D eigenvalue weighted by atomic mass is 35.5. The summed E-state index contributed by atoms with van der Waals surface area (Å²) in [4.78, 5) is 9.80. The summed E-state index contributed by atoms with van der Waals surface area (Å²) in [6.45, 7) is 0.138. The third-order valence-electron chi connectivity index (χ3n) is 0.411. The lowest BCUT2D eigenvalue weighted by Gasteiger charge is -1.91. The minimum absolute atomic E-state index is 0.138. The Kier molecular flexibility index (Phi) is 4.07. The topological polar surface area (TPSA) is 52.3 Å². The third-order valence-corrected chi connectivity index (χ3v) is 0.589. The van der Waals surface area contributed by atoms with E-state index in [0.29, 0.717) is 0 Å². The summed E-state index contributed by atoms with van der Waals surface area (Å²) >= 11 is 5.07. The van der Waals surface area contributed by atoms with Gasteiger partial charge >= 0.3 is 6.09 Å². The van der Waals surface area contributed by atoms with E-state index in [9.17, 15) is 4.79 Å². The number of nitrogens with two attached hydrogens (primary N) is 1. The Bertz CT molecular complexity index is 102. The van der Waals surface area contributed by atoms with Crippen LogP contribution < -0.4 is 5.73 Å². The number of carbonyl (C=O) groups excluding carboxylic acids is 1. The first-order valence-electron chi connectivity index (χ1n) is 1.95. The average Bonchev–Trinajstić information content (AvgIpc) is 1.66. The molecular weight excluding hydrogens is 130 g/mol. The van der Waals surface area contributed by atoms with E-state index in [2.05, 4.69) is 10.5 Å². The van der Waals surface area contributed by atoms with Crippen molar-refractivity contribution in [1.29, 1.82) is 0 Å². The number of hydrogen-bond donors (Lipinski definition) is 1. The zero-order chi connectivity index (χ0) is 6.41. The van der Waals surface area contributed by atoms with Crippen molar-refractivity contribution < 1.29 is 9.53 Å². The second kappa shape index (κ2) is 4.46. The molecule has 2 N–H and O–H groups in total. The lowest BCUT2D eigenvalue weighted by Crippen LogP contribution is -2.12. The average molecular weight is 136 g/mol. The molecular formula is C4H6ClNO2. The Morgan fingerprint density at radius 3 is 2.88 bits per heavy atom. The van der Waals surface area contributed by atoms with Gasteiger partial charge in [-0.3, -0.25) is 0 Å². The van der Waals surface area contributed by atoms with Gasteiger partial charge in [0, 0.05) is 5.54 Å². The largest absolute Gasteiger partial charge is 0.445 e. The van der Waals surface area contributed by atoms with E-state index in [4.69, 9.17) is 11.6 Å². The van der Waals surface area contributed by atoms with Gasteiger partial charge in [0.15, 0.2) is 0 Å². The first-order valence-corrected chi connectivity index (χ1v) is 2.38. The summed E-state index contributed by atoms with van der Waals surface area (Å²) in [6.07, 6.45) is 0.673. The maximum Gasteiger partial charge on any atom is 0.404 e. The van der Waals surface area contributed by atoms with Crippen LogP contribution >= 0.6 is 11.6 Å². The quantitative estimate of drug-likeness (QED) is 0.610. The number of rotatable bonds is 2. The molecule has 0 aliphatic carbocycles. The van der Waals surface area contributed by atoms with Crippen LogP contribution in [0, 0.1) is 0 Å². The van der Waals surface area contributed by atoms with Crippen molar-refractivity contribution in [1.82, 2.24) is 0 Å². The molecule has 0 aliphatic rings. The summed E-state index contributed by atoms with van der Waals surface area (Å²) in [7, 11) is 0. The minimum atomic E-state index is -0.792. The molecule has 0 spiro atoms. The molecule has 4 heteroatoms. The fourth-order valence-corrected chi connectivity index (χ4v) is 0.239. The summed E-state index contributed by atoms with van der Waals surface area (Å²) < 4.78 is 4.25. The van der Waals surface area contributed by atoms with E-state index in [1.807, 2.05) is 0 Å². The van der Waals surface area contributed by atoms with E-state index in [0.717, 1.165) is 0 Å². The predicted octanol–water partition coefficient (Wildman–Crippen LogP) is 0.834. The molecule has 0 unspecified atom stereocenters. The standard InChI is InChI=1S/C4H6ClNO2/c5-2-1-3-8-4(6)7/h1-2H,3H2,(H2,6,7). The maximum atomic E-state index is 9.80. The van der Waals surface area contributed by atoms with E-state index in [-0.39, 0.29) is 6.61 Å². The van der Waals surface area contributed by atoms with Gasteiger partial charge in [0.2, 0.25) is 0 Å². The predicted molar refractivity (Wildman–Crippen MR) is 30.5 cm³/mol. The fourth-order valence-electron chi connectivity index (χ4n) is 0.167. The van der Waals surface area contributed by atoms with Gasteiger partial charge in [-0.2, -0.15) is 0 Å². The number of hydrogen-bond acceptors (Lipinski definition) is 2. The molecule has 0 atom stereocenters. The van der Waals surface area contributed by atoms with Gasteiger partial charge in [0.25, 0.3) is 0 Å². The fraction of sp³-hybridized carbons (Fsp3) is 0.250. The molecule has 3 nitrogen and oxygen atoms in total. The molecule has 1 amide bonds. The monoisotopic (exact) mass is 135 g/mol. The van der Waals surface area contributed by atoms with Gasteiger partial charge in [-0.25, -0.2) is 4.79 Å². The summed E-state index contributed by atoms with van der Waals surface area (Å²) in [5, 5.41) is 0. The molecule has 0 aromatic heterocycles. The van der Waals surface area contributed by atoms with Crippen molar-refractivity contribution in [2.75, 3.05) is 6.61 Å². The molecule has 0 radical (unpaired) electrons. The molecule has 46 valence electrons. The second-order valence-corrected chi connectivity index (χ2v) is 1.24. The van der Waals surface area contributed by atoms with Crippen molar-refractivity contribution in [3.8, 4) is 0 Å². The molecule has 0 rings (SSSR count). The highest BCUT2D eigenvalue weighted by molar-refractivity contribution is 6.25. The molecule has 8 heavy (non-hydrogen) atoms. The van der Waals surface area contributed by atoms with Crippen LogP contribution in [0.1, 0.15) is 0 Å². The summed E-state index contributed by atoms with van der Waals surface area (Å²) in [5.74, 6) is 0. The second-order valence-electron chi connectivity index (χ2n) is 0.992. The van der Waals surface area contributed by atoms with E-state index < -0.39 is 6.09 Å². The number of halogens is 1. The van der Waals surface area contributed by atoms with Crippen LogP contribution in [0.2, 0.25) is 0 Å². The minimum Gasteiger partial charge on any atom is -0.445 e. The van der Waals surface area contributed by atoms with Gasteiger partial charge in [-0.05, 0) is 6.08 Å². The Balaban J connectivity index is 3.05. The van der Waals surface area contributed by atoms with Crippen LogP contribution in [0.4, 0.5) is 4.79 Å². The molecule has 0 saturated carbocycles. The van der Waals surface area contributed by atoms with Crippen LogP contribution in [-0.2, 0) is 4.74 Å². The van der Waals surface area contributed by atoms with Crippen LogP contribution in [0.25, 0.3) is 0 Å². The summed E-state index contributed by atoms with van der Waals surface area (Å²) in [5.41, 5.74) is 5.85.